The molecule has 7 nitrogen and oxygen atoms in total. The first-order chi connectivity index (χ1) is 12.3. The van der Waals surface area contributed by atoms with Crippen molar-refractivity contribution in [2.75, 3.05) is 43.3 Å². The zero-order valence-electron chi connectivity index (χ0n) is 14.8. The molecular weight excluding hydrogens is 378 g/mol. The van der Waals surface area contributed by atoms with Crippen molar-refractivity contribution in [1.82, 2.24) is 10.2 Å². The van der Waals surface area contributed by atoms with Crippen LogP contribution in [0.3, 0.4) is 0 Å². The van der Waals surface area contributed by atoms with Gasteiger partial charge in [-0.2, -0.15) is 0 Å². The van der Waals surface area contributed by atoms with Gasteiger partial charge in [0.1, 0.15) is 5.75 Å². The number of nitrogens with one attached hydrogen (secondary N) is 1. The number of anilines is 1. The molecule has 0 saturated carbocycles. The molecule has 0 aromatic heterocycles. The highest BCUT2D eigenvalue weighted by atomic mass is 35.5. The molecule has 3 rings (SSSR count). The SMILES string of the molecule is CS(=O)(=O)N1CC(C(=O)NCCCN2CCCC2)Oc2ccc(Cl)cc21. The van der Waals surface area contributed by atoms with Crippen molar-refractivity contribution < 1.29 is 17.9 Å². The summed E-state index contributed by atoms with van der Waals surface area (Å²) >= 11 is 5.97. The monoisotopic (exact) mass is 401 g/mol. The van der Waals surface area contributed by atoms with E-state index >= 15 is 0 Å². The summed E-state index contributed by atoms with van der Waals surface area (Å²) in [5, 5.41) is 3.26. The van der Waals surface area contributed by atoms with Crippen LogP contribution in [-0.2, 0) is 14.8 Å². The maximum Gasteiger partial charge on any atom is 0.263 e. The van der Waals surface area contributed by atoms with E-state index in [4.69, 9.17) is 16.3 Å². The van der Waals surface area contributed by atoms with Crippen LogP contribution in [0.25, 0.3) is 0 Å². The van der Waals surface area contributed by atoms with Crippen molar-refractivity contribution in [2.45, 2.75) is 25.4 Å². The van der Waals surface area contributed by atoms with Crippen molar-refractivity contribution in [1.29, 1.82) is 0 Å². The van der Waals surface area contributed by atoms with Crippen LogP contribution in [0.15, 0.2) is 18.2 Å². The number of likely N-dealkylation sites (tertiary alicyclic amines) is 1. The topological polar surface area (TPSA) is 79.0 Å². The number of hydrogen-bond acceptors (Lipinski definition) is 5. The van der Waals surface area contributed by atoms with Gasteiger partial charge in [-0.25, -0.2) is 8.42 Å². The molecule has 2 aliphatic rings. The van der Waals surface area contributed by atoms with E-state index in [2.05, 4.69) is 10.2 Å². The van der Waals surface area contributed by atoms with Crippen molar-refractivity contribution >= 4 is 33.2 Å². The number of amides is 1. The summed E-state index contributed by atoms with van der Waals surface area (Å²) in [6.45, 7) is 3.69. The summed E-state index contributed by atoms with van der Waals surface area (Å²) in [6.07, 6.45) is 3.57. The summed E-state index contributed by atoms with van der Waals surface area (Å²) in [5.41, 5.74) is 0.359. The standard InChI is InChI=1S/C17H24ClN3O4S/c1-26(23,24)21-12-16(25-15-6-5-13(18)11-14(15)21)17(22)19-7-4-10-20-8-2-3-9-20/h5-6,11,16H,2-4,7-10,12H2,1H3,(H,19,22). The van der Waals surface area contributed by atoms with E-state index in [1.807, 2.05) is 0 Å². The van der Waals surface area contributed by atoms with E-state index in [1.165, 1.54) is 23.2 Å². The van der Waals surface area contributed by atoms with Gasteiger partial charge in [0.05, 0.1) is 18.5 Å². The lowest BCUT2D eigenvalue weighted by Gasteiger charge is -2.34. The lowest BCUT2D eigenvalue weighted by molar-refractivity contribution is -0.127. The fourth-order valence-electron chi connectivity index (χ4n) is 3.31. The van der Waals surface area contributed by atoms with Gasteiger partial charge in [-0.1, -0.05) is 11.6 Å². The lowest BCUT2D eigenvalue weighted by Crippen LogP contribution is -2.50. The van der Waals surface area contributed by atoms with Gasteiger partial charge in [0.15, 0.2) is 6.10 Å². The van der Waals surface area contributed by atoms with Gasteiger partial charge >= 0.3 is 0 Å². The highest BCUT2D eigenvalue weighted by Crippen LogP contribution is 2.37. The zero-order chi connectivity index (χ0) is 18.7. The second kappa shape index (κ2) is 8.02. The zero-order valence-corrected chi connectivity index (χ0v) is 16.4. The average Bonchev–Trinajstić information content (AvgIpc) is 3.10. The molecule has 1 fully saturated rings. The molecule has 1 aromatic rings. The van der Waals surface area contributed by atoms with Crippen LogP contribution < -0.4 is 14.4 Å². The Morgan fingerprint density at radius 1 is 1.35 bits per heavy atom. The van der Waals surface area contributed by atoms with Crippen LogP contribution in [0.1, 0.15) is 19.3 Å². The third-order valence-corrected chi connectivity index (χ3v) is 6.01. The Hall–Kier alpha value is -1.51. The van der Waals surface area contributed by atoms with Gasteiger partial charge in [0, 0.05) is 11.6 Å². The van der Waals surface area contributed by atoms with Gasteiger partial charge in [-0.15, -0.1) is 0 Å². The number of nitrogens with zero attached hydrogens (tertiary/aromatic N) is 2. The second-order valence-corrected chi connectivity index (χ2v) is 9.05. The molecule has 0 aliphatic carbocycles. The predicted octanol–water partition coefficient (Wildman–Crippen LogP) is 1.47. The summed E-state index contributed by atoms with van der Waals surface area (Å²) < 4.78 is 31.1. The molecule has 9 heteroatoms. The maximum atomic E-state index is 12.4. The largest absolute Gasteiger partial charge is 0.476 e. The smallest absolute Gasteiger partial charge is 0.263 e. The van der Waals surface area contributed by atoms with Crippen molar-refractivity contribution in [3.05, 3.63) is 23.2 Å². The Morgan fingerprint density at radius 3 is 2.77 bits per heavy atom. The van der Waals surface area contributed by atoms with Crippen molar-refractivity contribution in [2.24, 2.45) is 0 Å². The summed E-state index contributed by atoms with van der Waals surface area (Å²) in [6, 6.07) is 4.72. The van der Waals surface area contributed by atoms with Crippen LogP contribution >= 0.6 is 11.6 Å². The van der Waals surface area contributed by atoms with Crippen LogP contribution in [0.2, 0.25) is 5.02 Å². The normalized spacial score (nSPS) is 20.5. The molecule has 0 radical (unpaired) electrons. The number of fused-ring (bicyclic) bond motifs is 1. The molecule has 1 atom stereocenters. The van der Waals surface area contributed by atoms with E-state index < -0.39 is 16.1 Å². The van der Waals surface area contributed by atoms with Crippen molar-refractivity contribution in [3.63, 3.8) is 0 Å². The summed E-state index contributed by atoms with van der Waals surface area (Å²) in [5.74, 6) is 0.0314. The van der Waals surface area contributed by atoms with Gasteiger partial charge in [0.25, 0.3) is 5.91 Å². The number of sulfonamides is 1. The summed E-state index contributed by atoms with van der Waals surface area (Å²) in [4.78, 5) is 14.8. The van der Waals surface area contributed by atoms with E-state index in [-0.39, 0.29) is 12.5 Å². The number of rotatable bonds is 6. The number of carbonyl (C=O) groups is 1. The molecular formula is C17H24ClN3O4S. The number of carbonyl (C=O) groups excluding carboxylic acids is 1. The predicted molar refractivity (Wildman–Crippen MR) is 101 cm³/mol. The van der Waals surface area contributed by atoms with Gasteiger partial charge < -0.3 is 15.0 Å². The Bertz CT molecular complexity index is 765. The fourth-order valence-corrected chi connectivity index (χ4v) is 4.38. The quantitative estimate of drug-likeness (QED) is 0.730. The molecule has 1 N–H and O–H groups in total. The fraction of sp³-hybridized carbons (Fsp3) is 0.588. The molecule has 1 amide bonds. The molecule has 0 bridgehead atoms. The molecule has 1 saturated heterocycles. The lowest BCUT2D eigenvalue weighted by atomic mass is 10.2. The van der Waals surface area contributed by atoms with E-state index in [0.29, 0.717) is 23.0 Å². The minimum atomic E-state index is -3.55. The Kier molecular flexibility index (Phi) is 5.94. The summed E-state index contributed by atoms with van der Waals surface area (Å²) in [7, 11) is -3.55. The highest BCUT2D eigenvalue weighted by molar-refractivity contribution is 7.92. The van der Waals surface area contributed by atoms with Gasteiger partial charge in [-0.3, -0.25) is 9.10 Å². The third-order valence-electron chi connectivity index (χ3n) is 4.63. The Morgan fingerprint density at radius 2 is 2.08 bits per heavy atom. The minimum absolute atomic E-state index is 0.0653. The number of ether oxygens (including phenoxy) is 1. The number of benzene rings is 1. The molecule has 144 valence electrons. The third kappa shape index (κ3) is 4.61. The molecule has 1 aromatic carbocycles. The molecule has 2 heterocycles. The average molecular weight is 402 g/mol. The van der Waals surface area contributed by atoms with E-state index in [1.54, 1.807) is 12.1 Å². The first kappa shape index (κ1) is 19.3. The highest BCUT2D eigenvalue weighted by Gasteiger charge is 2.35. The second-order valence-electron chi connectivity index (χ2n) is 6.71. The maximum absolute atomic E-state index is 12.4. The van der Waals surface area contributed by atoms with Crippen LogP contribution in [0, 0.1) is 0 Å². The Labute approximate surface area is 159 Å². The number of halogens is 1. The van der Waals surface area contributed by atoms with Crippen LogP contribution in [-0.4, -0.2) is 64.3 Å². The minimum Gasteiger partial charge on any atom is -0.476 e. The van der Waals surface area contributed by atoms with Crippen molar-refractivity contribution in [3.8, 4) is 5.75 Å². The van der Waals surface area contributed by atoms with E-state index in [9.17, 15) is 13.2 Å². The molecule has 26 heavy (non-hydrogen) atoms. The van der Waals surface area contributed by atoms with Crippen LogP contribution in [0.4, 0.5) is 5.69 Å². The molecule has 0 spiro atoms. The first-order valence-corrected chi connectivity index (χ1v) is 11.0. The van der Waals surface area contributed by atoms with Gasteiger partial charge in [0.2, 0.25) is 10.0 Å². The molecule has 1 unspecified atom stereocenters. The Balaban J connectivity index is 1.61. The first-order valence-electron chi connectivity index (χ1n) is 8.78. The van der Waals surface area contributed by atoms with E-state index in [0.717, 1.165) is 32.3 Å². The van der Waals surface area contributed by atoms with Gasteiger partial charge in [-0.05, 0) is 57.1 Å². The molecule has 2 aliphatic heterocycles. The van der Waals surface area contributed by atoms with Crippen LogP contribution in [0.5, 0.6) is 5.75 Å². The number of hydrogen-bond donors (Lipinski definition) is 1.